The molecule has 5 nitrogen and oxygen atoms in total. The lowest BCUT2D eigenvalue weighted by molar-refractivity contribution is -0.136. The molecule has 0 aliphatic heterocycles. The number of H-pyrrole nitrogens is 1. The molecule has 1 aromatic heterocycles. The Morgan fingerprint density at radius 1 is 1.18 bits per heavy atom. The van der Waals surface area contributed by atoms with Gasteiger partial charge in [0.15, 0.2) is 6.10 Å². The van der Waals surface area contributed by atoms with Crippen LogP contribution in [0.5, 0.6) is 5.75 Å². The van der Waals surface area contributed by atoms with Crippen LogP contribution < -0.4 is 4.74 Å². The molecule has 3 aromatic rings. The van der Waals surface area contributed by atoms with Crippen molar-refractivity contribution in [2.75, 3.05) is 13.6 Å². The summed E-state index contributed by atoms with van der Waals surface area (Å²) in [4.78, 5) is 14.2. The molecule has 0 fully saturated rings. The van der Waals surface area contributed by atoms with Crippen LogP contribution >= 0.6 is 11.6 Å². The molecule has 0 bridgehead atoms. The second-order valence-electron chi connectivity index (χ2n) is 6.73. The molecule has 0 saturated heterocycles. The van der Waals surface area contributed by atoms with Crippen LogP contribution in [-0.4, -0.2) is 40.7 Å². The molecule has 0 saturated carbocycles. The van der Waals surface area contributed by atoms with E-state index in [2.05, 4.69) is 16.3 Å². The van der Waals surface area contributed by atoms with Crippen LogP contribution in [-0.2, 0) is 11.2 Å². The van der Waals surface area contributed by atoms with Crippen LogP contribution in [0.3, 0.4) is 0 Å². The average Bonchev–Trinajstić information content (AvgIpc) is 3.17. The minimum absolute atomic E-state index is 0.0606. The highest BCUT2D eigenvalue weighted by Crippen LogP contribution is 2.19. The van der Waals surface area contributed by atoms with E-state index in [4.69, 9.17) is 16.3 Å². The maximum atomic E-state index is 12.5. The third-order valence-corrected chi connectivity index (χ3v) is 4.71. The third kappa shape index (κ3) is 5.36. The molecule has 3 rings (SSSR count). The highest BCUT2D eigenvalue weighted by atomic mass is 35.5. The number of nitrogens with one attached hydrogen (secondary N) is 1. The predicted molar refractivity (Wildman–Crippen MR) is 112 cm³/mol. The van der Waals surface area contributed by atoms with Gasteiger partial charge in [0, 0.05) is 29.9 Å². The number of carbonyl (C=O) groups excluding carboxylic acids is 1. The van der Waals surface area contributed by atoms with Gasteiger partial charge in [-0.2, -0.15) is 5.10 Å². The predicted octanol–water partition coefficient (Wildman–Crippen LogP) is 4.59. The van der Waals surface area contributed by atoms with E-state index in [1.807, 2.05) is 30.3 Å². The number of nitrogens with zero attached hydrogens (tertiary/aromatic N) is 2. The minimum Gasteiger partial charge on any atom is -0.481 e. The zero-order valence-corrected chi connectivity index (χ0v) is 16.8. The zero-order valence-electron chi connectivity index (χ0n) is 16.1. The summed E-state index contributed by atoms with van der Waals surface area (Å²) in [5, 5.41) is 8.03. The van der Waals surface area contributed by atoms with Gasteiger partial charge < -0.3 is 9.64 Å². The Morgan fingerprint density at radius 3 is 2.71 bits per heavy atom. The molecule has 0 spiro atoms. The van der Waals surface area contributed by atoms with Gasteiger partial charge in [-0.05, 0) is 44.0 Å². The summed E-state index contributed by atoms with van der Waals surface area (Å²) in [5.74, 6) is 0.530. The van der Waals surface area contributed by atoms with Crippen LogP contribution in [0, 0.1) is 0 Å². The van der Waals surface area contributed by atoms with E-state index in [-0.39, 0.29) is 5.91 Å². The van der Waals surface area contributed by atoms with Crippen molar-refractivity contribution in [1.82, 2.24) is 15.1 Å². The van der Waals surface area contributed by atoms with Gasteiger partial charge in [-0.25, -0.2) is 0 Å². The second-order valence-corrected chi connectivity index (χ2v) is 7.16. The lowest BCUT2D eigenvalue weighted by Crippen LogP contribution is -2.38. The number of carbonyl (C=O) groups is 1. The van der Waals surface area contributed by atoms with Crippen molar-refractivity contribution < 1.29 is 9.53 Å². The van der Waals surface area contributed by atoms with E-state index >= 15 is 0 Å². The minimum atomic E-state index is -0.569. The van der Waals surface area contributed by atoms with Crippen molar-refractivity contribution in [3.05, 3.63) is 71.4 Å². The maximum Gasteiger partial charge on any atom is 0.263 e. The van der Waals surface area contributed by atoms with Crippen LogP contribution in [0.2, 0.25) is 5.02 Å². The summed E-state index contributed by atoms with van der Waals surface area (Å²) >= 11 is 5.95. The molecule has 2 aromatic carbocycles. The number of hydrogen-bond acceptors (Lipinski definition) is 3. The molecule has 1 amide bonds. The van der Waals surface area contributed by atoms with Crippen LogP contribution in [0.15, 0.2) is 60.7 Å². The SMILES string of the molecule is CC(Oc1cccc(Cl)c1)C(=O)N(C)CCCc1cc(-c2ccccc2)n[nH]1. The normalized spacial score (nSPS) is 11.8. The summed E-state index contributed by atoms with van der Waals surface area (Å²) in [6, 6.07) is 19.2. The van der Waals surface area contributed by atoms with Gasteiger partial charge in [0.1, 0.15) is 5.75 Å². The average molecular weight is 398 g/mol. The van der Waals surface area contributed by atoms with Crippen LogP contribution in [0.4, 0.5) is 0 Å². The second kappa shape index (κ2) is 9.42. The summed E-state index contributed by atoms with van der Waals surface area (Å²) in [6.07, 6.45) is 1.09. The van der Waals surface area contributed by atoms with E-state index in [1.54, 1.807) is 43.1 Å². The Hall–Kier alpha value is -2.79. The van der Waals surface area contributed by atoms with Gasteiger partial charge >= 0.3 is 0 Å². The van der Waals surface area contributed by atoms with E-state index < -0.39 is 6.10 Å². The number of halogens is 1. The Balaban J connectivity index is 1.46. The Labute approximate surface area is 170 Å². The molecule has 0 aliphatic rings. The van der Waals surface area contributed by atoms with E-state index in [0.717, 1.165) is 29.8 Å². The highest BCUT2D eigenvalue weighted by Gasteiger charge is 2.19. The third-order valence-electron chi connectivity index (χ3n) is 4.47. The molecular formula is C22H24ClN3O2. The number of aromatic amines is 1. The molecule has 1 heterocycles. The molecule has 146 valence electrons. The van der Waals surface area contributed by atoms with Crippen molar-refractivity contribution in [2.45, 2.75) is 25.9 Å². The van der Waals surface area contributed by atoms with Gasteiger partial charge in [-0.1, -0.05) is 48.0 Å². The molecule has 1 unspecified atom stereocenters. The largest absolute Gasteiger partial charge is 0.481 e. The van der Waals surface area contributed by atoms with Crippen LogP contribution in [0.1, 0.15) is 19.0 Å². The topological polar surface area (TPSA) is 58.2 Å². The van der Waals surface area contributed by atoms with Gasteiger partial charge in [-0.15, -0.1) is 0 Å². The number of hydrogen-bond donors (Lipinski definition) is 1. The number of aryl methyl sites for hydroxylation is 1. The molecule has 0 radical (unpaired) electrons. The fourth-order valence-corrected chi connectivity index (χ4v) is 3.15. The van der Waals surface area contributed by atoms with Crippen molar-refractivity contribution >= 4 is 17.5 Å². The fourth-order valence-electron chi connectivity index (χ4n) is 2.97. The molecule has 1 atom stereocenters. The highest BCUT2D eigenvalue weighted by molar-refractivity contribution is 6.30. The number of benzene rings is 2. The Morgan fingerprint density at radius 2 is 1.96 bits per heavy atom. The summed E-state index contributed by atoms with van der Waals surface area (Å²) in [5.41, 5.74) is 3.08. The van der Waals surface area contributed by atoms with Crippen LogP contribution in [0.25, 0.3) is 11.3 Å². The first kappa shape index (κ1) is 20.0. The monoisotopic (exact) mass is 397 g/mol. The zero-order chi connectivity index (χ0) is 19.9. The number of ether oxygens (including phenoxy) is 1. The van der Waals surface area contributed by atoms with E-state index in [1.165, 1.54) is 0 Å². The summed E-state index contributed by atoms with van der Waals surface area (Å²) < 4.78 is 5.70. The lowest BCUT2D eigenvalue weighted by atomic mass is 10.1. The van der Waals surface area contributed by atoms with Crippen molar-refractivity contribution in [3.8, 4) is 17.0 Å². The van der Waals surface area contributed by atoms with Crippen molar-refractivity contribution in [3.63, 3.8) is 0 Å². The fraction of sp³-hybridized carbons (Fsp3) is 0.273. The number of aromatic nitrogens is 2. The first-order valence-electron chi connectivity index (χ1n) is 9.30. The molecular weight excluding hydrogens is 374 g/mol. The van der Waals surface area contributed by atoms with E-state index in [9.17, 15) is 4.79 Å². The summed E-state index contributed by atoms with van der Waals surface area (Å²) in [7, 11) is 1.79. The van der Waals surface area contributed by atoms with E-state index in [0.29, 0.717) is 17.3 Å². The lowest BCUT2D eigenvalue weighted by Gasteiger charge is -2.22. The first-order chi connectivity index (χ1) is 13.5. The molecule has 6 heteroatoms. The molecule has 0 aliphatic carbocycles. The number of rotatable bonds is 8. The van der Waals surface area contributed by atoms with Gasteiger partial charge in [-0.3, -0.25) is 9.89 Å². The van der Waals surface area contributed by atoms with Gasteiger partial charge in [0.05, 0.1) is 5.69 Å². The van der Waals surface area contributed by atoms with Gasteiger partial charge in [0.25, 0.3) is 5.91 Å². The maximum absolute atomic E-state index is 12.5. The van der Waals surface area contributed by atoms with Gasteiger partial charge in [0.2, 0.25) is 0 Å². The molecule has 1 N–H and O–H groups in total. The van der Waals surface area contributed by atoms with Crippen molar-refractivity contribution in [1.29, 1.82) is 0 Å². The Bertz CT molecular complexity index is 911. The molecule has 28 heavy (non-hydrogen) atoms. The smallest absolute Gasteiger partial charge is 0.263 e. The Kier molecular flexibility index (Phi) is 6.71. The first-order valence-corrected chi connectivity index (χ1v) is 9.67. The summed E-state index contributed by atoms with van der Waals surface area (Å²) in [6.45, 7) is 2.39. The number of amides is 1. The standard InChI is InChI=1S/C22H24ClN3O2/c1-16(28-20-12-6-10-18(23)14-20)22(27)26(2)13-7-11-19-15-21(25-24-19)17-8-4-3-5-9-17/h3-6,8-10,12,14-16H,7,11,13H2,1-2H3,(H,24,25). The van der Waals surface area contributed by atoms with Crippen molar-refractivity contribution in [2.24, 2.45) is 0 Å². The quantitative estimate of drug-likeness (QED) is 0.604. The number of likely N-dealkylation sites (N-methyl/N-ethyl adjacent to an activating group) is 1.